The highest BCUT2D eigenvalue weighted by Gasteiger charge is 2.20. The molecule has 0 spiro atoms. The van der Waals surface area contributed by atoms with Gasteiger partial charge in [-0.3, -0.25) is 4.79 Å². The lowest BCUT2D eigenvalue weighted by Crippen LogP contribution is -2.27. The Morgan fingerprint density at radius 3 is 2.77 bits per heavy atom. The van der Waals surface area contributed by atoms with Crippen LogP contribution in [0, 0.1) is 6.92 Å². The number of hydrogen-bond acceptors (Lipinski definition) is 4. The fourth-order valence-electron chi connectivity index (χ4n) is 2.20. The van der Waals surface area contributed by atoms with Gasteiger partial charge < -0.3 is 14.8 Å². The van der Waals surface area contributed by atoms with E-state index in [1.165, 1.54) is 6.26 Å². The number of aromatic amines is 1. The van der Waals surface area contributed by atoms with Gasteiger partial charge in [-0.05, 0) is 13.8 Å². The standard InChI is InChI=1S/C16H16N4O2/c1-10-8-17-15(18-10)11(2)19-16(21)13-9-22-20-14(13)12-6-4-3-5-7-12/h3-9,11H,1-2H3,(H,17,18)(H,19,21). The third kappa shape index (κ3) is 2.76. The van der Waals surface area contributed by atoms with E-state index in [9.17, 15) is 4.79 Å². The summed E-state index contributed by atoms with van der Waals surface area (Å²) in [5.41, 5.74) is 2.72. The van der Waals surface area contributed by atoms with Crippen LogP contribution in [0.15, 0.2) is 47.3 Å². The fourth-order valence-corrected chi connectivity index (χ4v) is 2.20. The molecule has 6 nitrogen and oxygen atoms in total. The first-order valence-electron chi connectivity index (χ1n) is 6.97. The molecule has 1 amide bonds. The number of nitrogens with one attached hydrogen (secondary N) is 2. The Morgan fingerprint density at radius 1 is 1.32 bits per heavy atom. The van der Waals surface area contributed by atoms with Gasteiger partial charge in [0.15, 0.2) is 0 Å². The van der Waals surface area contributed by atoms with Crippen LogP contribution in [-0.4, -0.2) is 21.0 Å². The number of aromatic nitrogens is 3. The number of carbonyl (C=O) groups excluding carboxylic acids is 1. The fraction of sp³-hybridized carbons (Fsp3) is 0.188. The monoisotopic (exact) mass is 296 g/mol. The van der Waals surface area contributed by atoms with E-state index in [2.05, 4.69) is 20.4 Å². The van der Waals surface area contributed by atoms with Crippen molar-refractivity contribution in [3.05, 3.63) is 59.9 Å². The van der Waals surface area contributed by atoms with Crippen LogP contribution >= 0.6 is 0 Å². The van der Waals surface area contributed by atoms with Crippen molar-refractivity contribution in [2.24, 2.45) is 0 Å². The first-order valence-corrected chi connectivity index (χ1v) is 6.97. The van der Waals surface area contributed by atoms with Gasteiger partial charge in [-0.1, -0.05) is 35.5 Å². The Bertz CT molecular complexity index is 776. The Hall–Kier alpha value is -2.89. The average Bonchev–Trinajstić information content (AvgIpc) is 3.16. The Morgan fingerprint density at radius 2 is 2.09 bits per heavy atom. The summed E-state index contributed by atoms with van der Waals surface area (Å²) in [5.74, 6) is 0.463. The SMILES string of the molecule is Cc1cnc(C(C)NC(=O)c2conc2-c2ccccc2)[nH]1. The topological polar surface area (TPSA) is 83.8 Å². The van der Waals surface area contributed by atoms with Crippen LogP contribution in [0.4, 0.5) is 0 Å². The highest BCUT2D eigenvalue weighted by molar-refractivity contribution is 5.99. The first kappa shape index (κ1) is 14.1. The molecule has 3 aromatic rings. The molecule has 0 fully saturated rings. The lowest BCUT2D eigenvalue weighted by atomic mass is 10.1. The van der Waals surface area contributed by atoms with E-state index in [1.807, 2.05) is 44.2 Å². The predicted molar refractivity (Wildman–Crippen MR) is 81.1 cm³/mol. The van der Waals surface area contributed by atoms with E-state index in [0.29, 0.717) is 17.1 Å². The molecular weight excluding hydrogens is 280 g/mol. The summed E-state index contributed by atoms with van der Waals surface area (Å²) >= 11 is 0. The van der Waals surface area contributed by atoms with Gasteiger partial charge in [-0.2, -0.15) is 0 Å². The maximum Gasteiger partial charge on any atom is 0.257 e. The number of amides is 1. The van der Waals surface area contributed by atoms with Crippen LogP contribution in [0.2, 0.25) is 0 Å². The van der Waals surface area contributed by atoms with Gasteiger partial charge in [0.2, 0.25) is 0 Å². The van der Waals surface area contributed by atoms with Crippen LogP contribution in [0.25, 0.3) is 11.3 Å². The van der Waals surface area contributed by atoms with Crippen LogP contribution in [0.5, 0.6) is 0 Å². The molecule has 0 radical (unpaired) electrons. The molecule has 22 heavy (non-hydrogen) atoms. The second-order valence-corrected chi connectivity index (χ2v) is 5.09. The molecular formula is C16H16N4O2. The maximum atomic E-state index is 12.4. The van der Waals surface area contributed by atoms with Crippen LogP contribution in [0.3, 0.4) is 0 Å². The van der Waals surface area contributed by atoms with Gasteiger partial charge in [0.25, 0.3) is 5.91 Å². The zero-order valence-electron chi connectivity index (χ0n) is 12.3. The predicted octanol–water partition coefficient (Wildman–Crippen LogP) is 2.86. The summed E-state index contributed by atoms with van der Waals surface area (Å²) in [6, 6.07) is 9.21. The molecule has 0 aliphatic carbocycles. The van der Waals surface area contributed by atoms with Gasteiger partial charge in [0.1, 0.15) is 23.3 Å². The van der Waals surface area contributed by atoms with Crippen molar-refractivity contribution in [2.45, 2.75) is 19.9 Å². The number of rotatable bonds is 4. The summed E-state index contributed by atoms with van der Waals surface area (Å²) in [4.78, 5) is 19.8. The second-order valence-electron chi connectivity index (χ2n) is 5.09. The van der Waals surface area contributed by atoms with Gasteiger partial charge >= 0.3 is 0 Å². The van der Waals surface area contributed by atoms with Crippen molar-refractivity contribution < 1.29 is 9.32 Å². The summed E-state index contributed by atoms with van der Waals surface area (Å²) < 4.78 is 4.98. The molecule has 1 atom stereocenters. The second kappa shape index (κ2) is 5.85. The minimum Gasteiger partial charge on any atom is -0.363 e. The molecule has 0 aliphatic heterocycles. The molecule has 2 heterocycles. The van der Waals surface area contributed by atoms with Gasteiger partial charge in [-0.15, -0.1) is 0 Å². The van der Waals surface area contributed by atoms with E-state index in [-0.39, 0.29) is 11.9 Å². The van der Waals surface area contributed by atoms with Crippen LogP contribution in [-0.2, 0) is 0 Å². The van der Waals surface area contributed by atoms with Crippen molar-refractivity contribution in [3.8, 4) is 11.3 Å². The van der Waals surface area contributed by atoms with Gasteiger partial charge in [0, 0.05) is 17.5 Å². The molecule has 0 saturated heterocycles. The molecule has 0 saturated carbocycles. The minimum atomic E-state index is -0.248. The van der Waals surface area contributed by atoms with E-state index < -0.39 is 0 Å². The molecule has 1 unspecified atom stereocenters. The number of H-pyrrole nitrogens is 1. The van der Waals surface area contributed by atoms with Crippen molar-refractivity contribution >= 4 is 5.91 Å². The van der Waals surface area contributed by atoms with E-state index in [0.717, 1.165) is 11.3 Å². The van der Waals surface area contributed by atoms with Crippen molar-refractivity contribution in [1.82, 2.24) is 20.4 Å². The molecule has 1 aromatic carbocycles. The molecule has 6 heteroatoms. The molecule has 3 rings (SSSR count). The number of carbonyl (C=O) groups is 1. The summed E-state index contributed by atoms with van der Waals surface area (Å²) in [7, 11) is 0. The third-order valence-corrected chi connectivity index (χ3v) is 3.34. The highest BCUT2D eigenvalue weighted by Crippen LogP contribution is 2.22. The number of benzene rings is 1. The Balaban J connectivity index is 1.80. The van der Waals surface area contributed by atoms with Crippen LogP contribution < -0.4 is 5.32 Å². The number of hydrogen-bond donors (Lipinski definition) is 2. The Labute approximate surface area is 127 Å². The number of imidazole rings is 1. The number of aryl methyl sites for hydroxylation is 1. The largest absolute Gasteiger partial charge is 0.363 e. The quantitative estimate of drug-likeness (QED) is 0.775. The van der Waals surface area contributed by atoms with Crippen molar-refractivity contribution in [2.75, 3.05) is 0 Å². The van der Waals surface area contributed by atoms with Crippen molar-refractivity contribution in [1.29, 1.82) is 0 Å². The Kier molecular flexibility index (Phi) is 3.74. The zero-order chi connectivity index (χ0) is 15.5. The minimum absolute atomic E-state index is 0.236. The normalized spacial score (nSPS) is 12.1. The lowest BCUT2D eigenvalue weighted by molar-refractivity contribution is 0.0938. The summed E-state index contributed by atoms with van der Waals surface area (Å²) in [6.07, 6.45) is 3.09. The van der Waals surface area contributed by atoms with Gasteiger partial charge in [-0.25, -0.2) is 4.98 Å². The van der Waals surface area contributed by atoms with Crippen molar-refractivity contribution in [3.63, 3.8) is 0 Å². The third-order valence-electron chi connectivity index (χ3n) is 3.34. The molecule has 2 aromatic heterocycles. The van der Waals surface area contributed by atoms with E-state index >= 15 is 0 Å². The highest BCUT2D eigenvalue weighted by atomic mass is 16.5. The summed E-state index contributed by atoms with van der Waals surface area (Å²) in [5, 5.41) is 6.82. The summed E-state index contributed by atoms with van der Waals surface area (Å²) in [6.45, 7) is 3.78. The van der Waals surface area contributed by atoms with E-state index in [1.54, 1.807) is 6.20 Å². The molecule has 0 bridgehead atoms. The van der Waals surface area contributed by atoms with E-state index in [4.69, 9.17) is 4.52 Å². The average molecular weight is 296 g/mol. The molecule has 112 valence electrons. The lowest BCUT2D eigenvalue weighted by Gasteiger charge is -2.11. The number of nitrogens with zero attached hydrogens (tertiary/aromatic N) is 2. The zero-order valence-corrected chi connectivity index (χ0v) is 12.3. The van der Waals surface area contributed by atoms with Gasteiger partial charge in [0.05, 0.1) is 6.04 Å². The molecule has 2 N–H and O–H groups in total. The molecule has 0 aliphatic rings. The van der Waals surface area contributed by atoms with Crippen LogP contribution in [0.1, 0.15) is 34.8 Å². The maximum absolute atomic E-state index is 12.4. The smallest absolute Gasteiger partial charge is 0.257 e. The first-order chi connectivity index (χ1) is 10.6.